The van der Waals surface area contributed by atoms with Gasteiger partial charge in [-0.05, 0) is 32.1 Å². The van der Waals surface area contributed by atoms with Gasteiger partial charge in [0.1, 0.15) is 0 Å². The van der Waals surface area contributed by atoms with Crippen molar-refractivity contribution in [1.29, 1.82) is 0 Å². The second-order valence-corrected chi connectivity index (χ2v) is 7.11. The van der Waals surface area contributed by atoms with Crippen LogP contribution in [0.15, 0.2) is 12.4 Å². The van der Waals surface area contributed by atoms with Gasteiger partial charge in [0.2, 0.25) is 5.91 Å². The molecule has 1 aromatic heterocycles. The van der Waals surface area contributed by atoms with Gasteiger partial charge in [0.05, 0.1) is 17.3 Å². The highest BCUT2D eigenvalue weighted by atomic mass is 16.2. The van der Waals surface area contributed by atoms with Crippen molar-refractivity contribution in [3.63, 3.8) is 0 Å². The number of urea groups is 1. The zero-order chi connectivity index (χ0) is 16.0. The zero-order valence-corrected chi connectivity index (χ0v) is 13.5. The van der Waals surface area contributed by atoms with E-state index < -0.39 is 5.41 Å². The van der Waals surface area contributed by atoms with Gasteiger partial charge in [-0.2, -0.15) is 5.10 Å². The Labute approximate surface area is 135 Å². The number of hydrogen-bond donors (Lipinski definition) is 1. The van der Waals surface area contributed by atoms with Gasteiger partial charge in [-0.3, -0.25) is 9.48 Å². The van der Waals surface area contributed by atoms with Crippen LogP contribution in [0.2, 0.25) is 0 Å². The molecule has 2 saturated heterocycles. The van der Waals surface area contributed by atoms with E-state index in [4.69, 9.17) is 0 Å². The first-order valence-corrected chi connectivity index (χ1v) is 8.43. The van der Waals surface area contributed by atoms with Crippen molar-refractivity contribution in [2.45, 2.75) is 38.1 Å². The van der Waals surface area contributed by atoms with Crippen LogP contribution in [0.3, 0.4) is 0 Å². The number of nitrogens with zero attached hydrogens (tertiary/aromatic N) is 4. The summed E-state index contributed by atoms with van der Waals surface area (Å²) in [5, 5.41) is 7.20. The lowest BCUT2D eigenvalue weighted by atomic mass is 9.78. The number of aromatic nitrogens is 2. The predicted molar refractivity (Wildman–Crippen MR) is 85.0 cm³/mol. The molecule has 4 rings (SSSR count). The second-order valence-electron chi connectivity index (χ2n) is 7.11. The third-order valence-corrected chi connectivity index (χ3v) is 5.28. The molecule has 0 radical (unpaired) electrons. The third-order valence-electron chi connectivity index (χ3n) is 5.28. The highest BCUT2D eigenvalue weighted by molar-refractivity contribution is 6.00. The second kappa shape index (κ2) is 5.25. The molecule has 1 N–H and O–H groups in total. The Balaban J connectivity index is 1.49. The molecule has 1 aromatic rings. The third kappa shape index (κ3) is 2.58. The smallest absolute Gasteiger partial charge is 0.317 e. The van der Waals surface area contributed by atoms with E-state index in [1.54, 1.807) is 10.9 Å². The molecule has 3 amide bonds. The fraction of sp³-hybridized carbons (Fsp3) is 0.688. The number of carbonyl (C=O) groups excluding carboxylic acids is 2. The highest BCUT2D eigenvalue weighted by Gasteiger charge is 2.50. The first-order chi connectivity index (χ1) is 11.1. The number of carbonyl (C=O) groups is 2. The number of aryl methyl sites for hydroxylation is 1. The van der Waals surface area contributed by atoms with Crippen molar-refractivity contribution in [2.24, 2.45) is 12.5 Å². The van der Waals surface area contributed by atoms with Crippen LogP contribution in [0.25, 0.3) is 0 Å². The molecule has 2 aliphatic heterocycles. The Kier molecular flexibility index (Phi) is 3.32. The van der Waals surface area contributed by atoms with Crippen LogP contribution < -0.4 is 10.2 Å². The lowest BCUT2D eigenvalue weighted by molar-refractivity contribution is -0.127. The van der Waals surface area contributed by atoms with Crippen molar-refractivity contribution >= 4 is 17.6 Å². The van der Waals surface area contributed by atoms with Gasteiger partial charge in [0.25, 0.3) is 0 Å². The Morgan fingerprint density at radius 2 is 2.17 bits per heavy atom. The van der Waals surface area contributed by atoms with Crippen molar-refractivity contribution in [3.8, 4) is 0 Å². The van der Waals surface area contributed by atoms with E-state index in [9.17, 15) is 9.59 Å². The highest BCUT2D eigenvalue weighted by Crippen LogP contribution is 2.41. The normalized spacial score (nSPS) is 27.8. The molecule has 0 unspecified atom stereocenters. The molecule has 3 heterocycles. The molecule has 1 aliphatic carbocycles. The Morgan fingerprint density at radius 1 is 1.35 bits per heavy atom. The minimum atomic E-state index is -0.408. The van der Waals surface area contributed by atoms with Gasteiger partial charge in [-0.25, -0.2) is 4.79 Å². The molecule has 3 fully saturated rings. The topological polar surface area (TPSA) is 70.5 Å². The number of hydrogen-bond acceptors (Lipinski definition) is 3. The molecule has 124 valence electrons. The number of anilines is 1. The average Bonchev–Trinajstić information content (AvgIpc) is 3.18. The maximum absolute atomic E-state index is 13.0. The van der Waals surface area contributed by atoms with Crippen LogP contribution in [0.4, 0.5) is 10.5 Å². The molecule has 0 aromatic carbocycles. The fourth-order valence-corrected chi connectivity index (χ4v) is 3.79. The van der Waals surface area contributed by atoms with Crippen LogP contribution in [-0.2, 0) is 11.8 Å². The monoisotopic (exact) mass is 317 g/mol. The minimum absolute atomic E-state index is 0.000738. The molecule has 1 spiro atoms. The van der Waals surface area contributed by atoms with Crippen LogP contribution >= 0.6 is 0 Å². The van der Waals surface area contributed by atoms with E-state index in [-0.39, 0.29) is 11.9 Å². The molecule has 7 heteroatoms. The lowest BCUT2D eigenvalue weighted by Gasteiger charge is -2.38. The zero-order valence-electron chi connectivity index (χ0n) is 13.5. The fourth-order valence-electron chi connectivity index (χ4n) is 3.79. The van der Waals surface area contributed by atoms with Gasteiger partial charge in [-0.1, -0.05) is 0 Å². The maximum atomic E-state index is 13.0. The summed E-state index contributed by atoms with van der Waals surface area (Å²) in [6.45, 7) is 2.00. The van der Waals surface area contributed by atoms with Gasteiger partial charge < -0.3 is 15.1 Å². The summed E-state index contributed by atoms with van der Waals surface area (Å²) in [6.07, 6.45) is 8.35. The summed E-state index contributed by atoms with van der Waals surface area (Å²) in [7, 11) is 1.85. The summed E-state index contributed by atoms with van der Waals surface area (Å²) in [5.41, 5.74) is 0.448. The molecular formula is C16H23N5O2. The average molecular weight is 317 g/mol. The van der Waals surface area contributed by atoms with Crippen LogP contribution in [0.5, 0.6) is 0 Å². The first kappa shape index (κ1) is 14.5. The van der Waals surface area contributed by atoms with Crippen LogP contribution in [-0.4, -0.2) is 52.3 Å². The van der Waals surface area contributed by atoms with E-state index in [0.717, 1.165) is 44.3 Å². The summed E-state index contributed by atoms with van der Waals surface area (Å²) >= 11 is 0. The van der Waals surface area contributed by atoms with Crippen molar-refractivity contribution < 1.29 is 9.59 Å². The van der Waals surface area contributed by atoms with Gasteiger partial charge in [0.15, 0.2) is 0 Å². The summed E-state index contributed by atoms with van der Waals surface area (Å²) in [5.74, 6) is 0.148. The molecule has 3 aliphatic rings. The SMILES string of the molecule is Cn1cc(N2CC[C@@]3(CCCN(C(=O)NC4CC4)C3)C2=O)cn1. The molecule has 0 bridgehead atoms. The summed E-state index contributed by atoms with van der Waals surface area (Å²) in [4.78, 5) is 29.0. The largest absolute Gasteiger partial charge is 0.335 e. The molecular weight excluding hydrogens is 294 g/mol. The first-order valence-electron chi connectivity index (χ1n) is 8.43. The van der Waals surface area contributed by atoms with Crippen LogP contribution in [0, 0.1) is 5.41 Å². The lowest BCUT2D eigenvalue weighted by Crippen LogP contribution is -2.52. The maximum Gasteiger partial charge on any atom is 0.317 e. The molecule has 7 nitrogen and oxygen atoms in total. The van der Waals surface area contributed by atoms with Crippen molar-refractivity contribution in [3.05, 3.63) is 12.4 Å². The number of rotatable bonds is 2. The number of nitrogens with one attached hydrogen (secondary N) is 1. The van der Waals surface area contributed by atoms with E-state index in [2.05, 4.69) is 10.4 Å². The number of likely N-dealkylation sites (tertiary alicyclic amines) is 1. The molecule has 23 heavy (non-hydrogen) atoms. The summed E-state index contributed by atoms with van der Waals surface area (Å²) in [6, 6.07) is 0.353. The molecule has 1 atom stereocenters. The number of amides is 3. The number of piperidine rings is 1. The van der Waals surface area contributed by atoms with Crippen molar-refractivity contribution in [2.75, 3.05) is 24.5 Å². The van der Waals surface area contributed by atoms with E-state index in [0.29, 0.717) is 19.1 Å². The van der Waals surface area contributed by atoms with Gasteiger partial charge in [-0.15, -0.1) is 0 Å². The standard InChI is InChI=1S/C16H23N5O2/c1-19-10-13(9-17-19)21-8-6-16(14(21)22)5-2-7-20(11-16)15(23)18-12-3-4-12/h9-10,12H,2-8,11H2,1H3,(H,18,23)/t16-/m1/s1. The van der Waals surface area contributed by atoms with Crippen molar-refractivity contribution in [1.82, 2.24) is 20.0 Å². The quantitative estimate of drug-likeness (QED) is 0.888. The molecule has 1 saturated carbocycles. The predicted octanol–water partition coefficient (Wildman–Crippen LogP) is 1.11. The van der Waals surface area contributed by atoms with E-state index in [1.807, 2.05) is 23.0 Å². The Hall–Kier alpha value is -2.05. The van der Waals surface area contributed by atoms with Gasteiger partial charge in [0, 0.05) is 38.9 Å². The van der Waals surface area contributed by atoms with E-state index in [1.165, 1.54) is 0 Å². The minimum Gasteiger partial charge on any atom is -0.335 e. The van der Waals surface area contributed by atoms with Gasteiger partial charge >= 0.3 is 6.03 Å². The van der Waals surface area contributed by atoms with Crippen LogP contribution in [0.1, 0.15) is 32.1 Å². The Morgan fingerprint density at radius 3 is 2.87 bits per heavy atom. The Bertz CT molecular complexity index is 638. The summed E-state index contributed by atoms with van der Waals surface area (Å²) < 4.78 is 1.71. The van der Waals surface area contributed by atoms with E-state index >= 15 is 0 Å².